The van der Waals surface area contributed by atoms with Crippen LogP contribution in [-0.4, -0.2) is 25.5 Å². The van der Waals surface area contributed by atoms with E-state index in [-0.39, 0.29) is 18.4 Å². The Balaban J connectivity index is 1.77. The third-order valence-electron chi connectivity index (χ3n) is 2.80. The van der Waals surface area contributed by atoms with Crippen LogP contribution in [0.1, 0.15) is 5.76 Å². The molecule has 0 aliphatic carbocycles. The molecule has 0 atom stereocenters. The number of hydrogen-bond acceptors (Lipinski definition) is 4. The predicted molar refractivity (Wildman–Crippen MR) is 83.7 cm³/mol. The van der Waals surface area contributed by atoms with Crippen LogP contribution in [0.25, 0.3) is 0 Å². The molecule has 2 rings (SSSR count). The minimum atomic E-state index is -0.240. The third kappa shape index (κ3) is 4.86. The molecule has 116 valence electrons. The van der Waals surface area contributed by atoms with E-state index >= 15 is 0 Å². The molecule has 1 aromatic heterocycles. The molecule has 1 amide bonds. The summed E-state index contributed by atoms with van der Waals surface area (Å²) < 4.78 is 10.2. The number of furan rings is 1. The summed E-state index contributed by atoms with van der Waals surface area (Å²) in [6.45, 7) is 0.267. The highest BCUT2D eigenvalue weighted by molar-refractivity contribution is 5.93. The van der Waals surface area contributed by atoms with Crippen molar-refractivity contribution in [2.75, 3.05) is 19.0 Å². The topological polar surface area (TPSA) is 102 Å². The van der Waals surface area contributed by atoms with Crippen molar-refractivity contribution < 1.29 is 13.9 Å². The van der Waals surface area contributed by atoms with E-state index in [0.717, 1.165) is 11.4 Å². The molecule has 22 heavy (non-hydrogen) atoms. The Morgan fingerprint density at radius 2 is 2.09 bits per heavy atom. The lowest BCUT2D eigenvalue weighted by molar-refractivity contribution is -0.119. The minimum absolute atomic E-state index is 0.0598. The fraction of sp³-hybridized carbons (Fsp3) is 0.200. The van der Waals surface area contributed by atoms with Gasteiger partial charge in [-0.2, -0.15) is 0 Å². The molecule has 4 N–H and O–H groups in total. The van der Waals surface area contributed by atoms with E-state index in [1.54, 1.807) is 49.8 Å². The highest BCUT2D eigenvalue weighted by atomic mass is 16.5. The zero-order valence-electron chi connectivity index (χ0n) is 12.2. The Morgan fingerprint density at radius 3 is 2.73 bits per heavy atom. The Labute approximate surface area is 128 Å². The van der Waals surface area contributed by atoms with Crippen molar-refractivity contribution in [3.05, 3.63) is 48.4 Å². The number of carbonyl (C=O) groups excluding carboxylic acids is 1. The lowest BCUT2D eigenvalue weighted by Gasteiger charge is -2.06. The van der Waals surface area contributed by atoms with E-state index in [0.29, 0.717) is 12.3 Å². The van der Waals surface area contributed by atoms with Crippen molar-refractivity contribution in [1.82, 2.24) is 5.32 Å². The first-order valence-corrected chi connectivity index (χ1v) is 6.67. The molecule has 0 spiro atoms. The number of rotatable bonds is 6. The molecule has 7 nitrogen and oxygen atoms in total. The fourth-order valence-electron chi connectivity index (χ4n) is 1.67. The molecule has 7 heteroatoms. The van der Waals surface area contributed by atoms with Crippen LogP contribution < -0.4 is 21.1 Å². The van der Waals surface area contributed by atoms with Crippen LogP contribution in [0.4, 0.5) is 5.69 Å². The van der Waals surface area contributed by atoms with Gasteiger partial charge in [0.05, 0.1) is 19.9 Å². The summed E-state index contributed by atoms with van der Waals surface area (Å²) in [6, 6.07) is 10.7. The van der Waals surface area contributed by atoms with E-state index in [2.05, 4.69) is 15.6 Å². The molecular weight excluding hydrogens is 284 g/mol. The summed E-state index contributed by atoms with van der Waals surface area (Å²) in [5.74, 6) is 1.36. The second-order valence-electron chi connectivity index (χ2n) is 4.41. The van der Waals surface area contributed by atoms with Gasteiger partial charge in [0.15, 0.2) is 5.96 Å². The van der Waals surface area contributed by atoms with E-state index in [1.165, 1.54) is 0 Å². The van der Waals surface area contributed by atoms with Gasteiger partial charge in [0.2, 0.25) is 5.91 Å². The monoisotopic (exact) mass is 302 g/mol. The number of nitrogens with zero attached hydrogens (tertiary/aromatic N) is 1. The minimum Gasteiger partial charge on any atom is -0.497 e. The molecule has 0 aliphatic heterocycles. The molecule has 0 unspecified atom stereocenters. The molecule has 0 radical (unpaired) electrons. The number of hydrogen-bond donors (Lipinski definition) is 3. The predicted octanol–water partition coefficient (Wildman–Crippen LogP) is 1.33. The molecule has 0 aliphatic rings. The van der Waals surface area contributed by atoms with Gasteiger partial charge in [0.1, 0.15) is 18.1 Å². The maximum absolute atomic E-state index is 11.6. The zero-order valence-corrected chi connectivity index (χ0v) is 12.2. The number of nitrogens with two attached hydrogens (primary N) is 1. The third-order valence-corrected chi connectivity index (χ3v) is 2.80. The first-order chi connectivity index (χ1) is 10.7. The van der Waals surface area contributed by atoms with Gasteiger partial charge in [-0.15, -0.1) is 0 Å². The number of guanidine groups is 1. The molecule has 0 saturated heterocycles. The second kappa shape index (κ2) is 7.72. The molecular formula is C15H18N4O3. The van der Waals surface area contributed by atoms with Crippen molar-refractivity contribution in [3.8, 4) is 5.75 Å². The van der Waals surface area contributed by atoms with E-state index in [4.69, 9.17) is 14.9 Å². The highest BCUT2D eigenvalue weighted by Crippen LogP contribution is 2.14. The van der Waals surface area contributed by atoms with Crippen LogP contribution >= 0.6 is 0 Å². The normalized spacial score (nSPS) is 11.0. The summed E-state index contributed by atoms with van der Waals surface area (Å²) >= 11 is 0. The first kappa shape index (κ1) is 15.4. The van der Waals surface area contributed by atoms with E-state index < -0.39 is 0 Å². The van der Waals surface area contributed by atoms with Gasteiger partial charge in [-0.1, -0.05) is 0 Å². The lowest BCUT2D eigenvalue weighted by atomic mass is 10.3. The van der Waals surface area contributed by atoms with Gasteiger partial charge < -0.3 is 25.5 Å². The SMILES string of the molecule is COc1ccc(NC(N)=NCC(=O)NCc2ccco2)cc1. The number of amides is 1. The molecule has 2 aromatic rings. The van der Waals surface area contributed by atoms with Crippen LogP contribution in [0.2, 0.25) is 0 Å². The van der Waals surface area contributed by atoms with Gasteiger partial charge in [0, 0.05) is 5.69 Å². The maximum atomic E-state index is 11.6. The molecule has 1 aromatic carbocycles. The Morgan fingerprint density at radius 1 is 1.32 bits per heavy atom. The van der Waals surface area contributed by atoms with E-state index in [9.17, 15) is 4.79 Å². The fourth-order valence-corrected chi connectivity index (χ4v) is 1.67. The standard InChI is InChI=1S/C15H18N4O3/c1-21-12-6-4-11(5-7-12)19-15(16)18-10-14(20)17-9-13-3-2-8-22-13/h2-8H,9-10H2,1H3,(H,17,20)(H3,16,18,19). The van der Waals surface area contributed by atoms with Gasteiger partial charge >= 0.3 is 0 Å². The van der Waals surface area contributed by atoms with Crippen LogP contribution in [0, 0.1) is 0 Å². The number of aliphatic imine (C=N–C) groups is 1. The number of nitrogens with one attached hydrogen (secondary N) is 2. The van der Waals surface area contributed by atoms with E-state index in [1.807, 2.05) is 0 Å². The van der Waals surface area contributed by atoms with Crippen molar-refractivity contribution >= 4 is 17.6 Å². The number of carbonyl (C=O) groups is 1. The van der Waals surface area contributed by atoms with Crippen LogP contribution in [-0.2, 0) is 11.3 Å². The van der Waals surface area contributed by atoms with Gasteiger partial charge in [-0.25, -0.2) is 4.99 Å². The first-order valence-electron chi connectivity index (χ1n) is 6.67. The molecule has 0 saturated carbocycles. The summed E-state index contributed by atoms with van der Waals surface area (Å²) in [6.07, 6.45) is 1.55. The van der Waals surface area contributed by atoms with Gasteiger partial charge in [-0.3, -0.25) is 4.79 Å². The van der Waals surface area contributed by atoms with Crippen LogP contribution in [0.3, 0.4) is 0 Å². The summed E-state index contributed by atoms with van der Waals surface area (Å²) in [7, 11) is 1.60. The Bertz CT molecular complexity index is 621. The summed E-state index contributed by atoms with van der Waals surface area (Å²) in [4.78, 5) is 15.6. The molecule has 0 bridgehead atoms. The van der Waals surface area contributed by atoms with Crippen molar-refractivity contribution in [1.29, 1.82) is 0 Å². The lowest BCUT2D eigenvalue weighted by Crippen LogP contribution is -2.28. The Kier molecular flexibility index (Phi) is 5.42. The molecule has 1 heterocycles. The number of methoxy groups -OCH3 is 1. The number of ether oxygens (including phenoxy) is 1. The largest absolute Gasteiger partial charge is 0.497 e. The quantitative estimate of drug-likeness (QED) is 0.552. The van der Waals surface area contributed by atoms with Crippen LogP contribution in [0.15, 0.2) is 52.1 Å². The average molecular weight is 302 g/mol. The maximum Gasteiger partial charge on any atom is 0.242 e. The smallest absolute Gasteiger partial charge is 0.242 e. The number of benzene rings is 1. The average Bonchev–Trinajstić information content (AvgIpc) is 3.05. The highest BCUT2D eigenvalue weighted by Gasteiger charge is 2.02. The van der Waals surface area contributed by atoms with Crippen molar-refractivity contribution in [2.24, 2.45) is 10.7 Å². The van der Waals surface area contributed by atoms with Gasteiger partial charge in [0.25, 0.3) is 0 Å². The molecule has 0 fully saturated rings. The van der Waals surface area contributed by atoms with Crippen molar-refractivity contribution in [3.63, 3.8) is 0 Å². The zero-order chi connectivity index (χ0) is 15.8. The Hall–Kier alpha value is -2.96. The van der Waals surface area contributed by atoms with Gasteiger partial charge in [-0.05, 0) is 36.4 Å². The number of anilines is 1. The second-order valence-corrected chi connectivity index (χ2v) is 4.41. The summed E-state index contributed by atoms with van der Waals surface area (Å²) in [5.41, 5.74) is 6.49. The summed E-state index contributed by atoms with van der Waals surface area (Å²) in [5, 5.41) is 5.57. The van der Waals surface area contributed by atoms with Crippen molar-refractivity contribution in [2.45, 2.75) is 6.54 Å². The van der Waals surface area contributed by atoms with Crippen LogP contribution in [0.5, 0.6) is 5.75 Å².